The average molecular weight is 373 g/mol. The topological polar surface area (TPSA) is 112 Å². The zero-order valence-corrected chi connectivity index (χ0v) is 14.7. The van der Waals surface area contributed by atoms with Gasteiger partial charge in [-0.1, -0.05) is 54.6 Å². The Morgan fingerprint density at radius 2 is 1.61 bits per heavy atom. The van der Waals surface area contributed by atoms with Gasteiger partial charge >= 0.3 is 0 Å². The molecule has 0 radical (unpaired) electrons. The Hall–Kier alpha value is -3.97. The van der Waals surface area contributed by atoms with Crippen LogP contribution in [-0.2, 0) is 0 Å². The van der Waals surface area contributed by atoms with E-state index in [0.717, 1.165) is 21.4 Å². The second-order valence-corrected chi connectivity index (χ2v) is 6.26. The summed E-state index contributed by atoms with van der Waals surface area (Å²) >= 11 is 0. The van der Waals surface area contributed by atoms with Gasteiger partial charge in [-0.05, 0) is 11.1 Å². The molecule has 2 heterocycles. The molecule has 0 fully saturated rings. The van der Waals surface area contributed by atoms with Gasteiger partial charge in [0.15, 0.2) is 0 Å². The van der Waals surface area contributed by atoms with Crippen molar-refractivity contribution in [1.29, 1.82) is 0 Å². The molecule has 0 bridgehead atoms. The van der Waals surface area contributed by atoms with Crippen LogP contribution in [0, 0.1) is 0 Å². The van der Waals surface area contributed by atoms with Crippen LogP contribution in [0.1, 0.15) is 10.4 Å². The number of carbonyl (C=O) groups is 1. The minimum absolute atomic E-state index is 0.0398. The Bertz CT molecular complexity index is 1180. The second kappa shape index (κ2) is 6.98. The number of amides is 1. The van der Waals surface area contributed by atoms with Crippen molar-refractivity contribution < 1.29 is 19.9 Å². The van der Waals surface area contributed by atoms with Gasteiger partial charge in [-0.15, -0.1) is 0 Å². The number of pyridine rings is 2. The molecule has 4 rings (SSSR count). The second-order valence-electron chi connectivity index (χ2n) is 6.26. The molecule has 0 saturated carbocycles. The number of anilines is 1. The van der Waals surface area contributed by atoms with Gasteiger partial charge in [-0.25, -0.2) is 10.5 Å². The van der Waals surface area contributed by atoms with Crippen molar-refractivity contribution in [1.82, 2.24) is 10.5 Å². The third-order valence-corrected chi connectivity index (χ3v) is 4.54. The predicted octanol–water partition coefficient (Wildman–Crippen LogP) is 2.79. The smallest absolute Gasteiger partial charge is 0.277 e. The van der Waals surface area contributed by atoms with Crippen molar-refractivity contribution in [2.75, 3.05) is 5.73 Å². The first kappa shape index (κ1) is 17.4. The molecule has 2 aromatic heterocycles. The third kappa shape index (κ3) is 3.00. The number of nitrogens with one attached hydrogen (secondary N) is 1. The summed E-state index contributed by atoms with van der Waals surface area (Å²) in [6, 6.07) is 19.2. The van der Waals surface area contributed by atoms with E-state index in [2.05, 4.69) is 4.98 Å². The van der Waals surface area contributed by atoms with Crippen LogP contribution in [-0.4, -0.2) is 21.3 Å². The van der Waals surface area contributed by atoms with Gasteiger partial charge in [-0.2, -0.15) is 0 Å². The Morgan fingerprint density at radius 1 is 0.964 bits per heavy atom. The number of nitrogen functional groups attached to an aromatic ring is 1. The molecule has 138 valence electrons. The van der Waals surface area contributed by atoms with Crippen molar-refractivity contribution in [3.05, 3.63) is 78.6 Å². The first-order valence-electron chi connectivity index (χ1n) is 8.52. The molecular weight excluding hydrogens is 356 g/mol. The number of benzene rings is 2. The van der Waals surface area contributed by atoms with E-state index in [4.69, 9.17) is 10.9 Å². The fourth-order valence-electron chi connectivity index (χ4n) is 3.18. The zero-order chi connectivity index (χ0) is 19.7. The van der Waals surface area contributed by atoms with Crippen LogP contribution in [0.25, 0.3) is 33.3 Å². The van der Waals surface area contributed by atoms with Gasteiger partial charge in [0.1, 0.15) is 0 Å². The number of aromatic nitrogens is 2. The van der Waals surface area contributed by atoms with E-state index >= 15 is 0 Å². The molecule has 7 heteroatoms. The van der Waals surface area contributed by atoms with Crippen LogP contribution in [0.15, 0.2) is 73.1 Å². The molecular formula is C21H17N4O3+. The standard InChI is InChI=1S/C21H16N4O3/c22-19-18(21(26)24-27)16-12-25(28)11-10-17(16)23-20(19)15-8-6-14(7-9-15)13-4-2-1-3-5-13/h1-12H,(H4-,22,23,24,26,27,28)/p+1. The zero-order valence-electron chi connectivity index (χ0n) is 14.7. The van der Waals surface area contributed by atoms with E-state index < -0.39 is 5.91 Å². The molecule has 1 amide bonds. The predicted molar refractivity (Wildman–Crippen MR) is 104 cm³/mol. The van der Waals surface area contributed by atoms with Crippen LogP contribution in [0.3, 0.4) is 0 Å². The van der Waals surface area contributed by atoms with Gasteiger partial charge in [0.25, 0.3) is 5.91 Å². The summed E-state index contributed by atoms with van der Waals surface area (Å²) in [7, 11) is 0. The van der Waals surface area contributed by atoms with Crippen molar-refractivity contribution in [2.24, 2.45) is 0 Å². The summed E-state index contributed by atoms with van der Waals surface area (Å²) in [4.78, 5) is 16.8. The van der Waals surface area contributed by atoms with Crippen molar-refractivity contribution in [3.63, 3.8) is 0 Å². The SMILES string of the molecule is Nc1c(-c2ccc(-c3ccccc3)cc2)nc2cc[n+](O)cc2c1C(=O)NO. The normalized spacial score (nSPS) is 10.8. The molecule has 0 aliphatic carbocycles. The van der Waals surface area contributed by atoms with Gasteiger partial charge < -0.3 is 5.73 Å². The Kier molecular flexibility index (Phi) is 4.35. The highest BCUT2D eigenvalue weighted by molar-refractivity contribution is 6.12. The molecule has 0 atom stereocenters. The van der Waals surface area contributed by atoms with E-state index in [9.17, 15) is 10.0 Å². The van der Waals surface area contributed by atoms with Gasteiger partial charge in [0.2, 0.25) is 12.4 Å². The van der Waals surface area contributed by atoms with Crippen LogP contribution >= 0.6 is 0 Å². The van der Waals surface area contributed by atoms with Crippen LogP contribution in [0.2, 0.25) is 0 Å². The molecule has 28 heavy (non-hydrogen) atoms. The maximum Gasteiger partial charge on any atom is 0.277 e. The summed E-state index contributed by atoms with van der Waals surface area (Å²) in [5.41, 5.74) is 11.7. The molecule has 0 aliphatic heterocycles. The number of carbonyl (C=O) groups excluding carboxylic acids is 1. The molecule has 0 aliphatic rings. The molecule has 5 N–H and O–H groups in total. The lowest BCUT2D eigenvalue weighted by Gasteiger charge is -2.12. The largest absolute Gasteiger partial charge is 0.396 e. The number of hydroxylamine groups is 1. The lowest BCUT2D eigenvalue weighted by Crippen LogP contribution is -2.29. The number of nitrogens with two attached hydrogens (primary N) is 1. The Balaban J connectivity index is 1.88. The van der Waals surface area contributed by atoms with Crippen LogP contribution in [0.5, 0.6) is 0 Å². The molecule has 0 unspecified atom stereocenters. The average Bonchev–Trinajstić information content (AvgIpc) is 2.74. The van der Waals surface area contributed by atoms with Crippen molar-refractivity contribution in [3.8, 4) is 22.4 Å². The number of fused-ring (bicyclic) bond motifs is 1. The quantitative estimate of drug-likeness (QED) is 0.191. The third-order valence-electron chi connectivity index (χ3n) is 4.54. The highest BCUT2D eigenvalue weighted by Gasteiger charge is 2.22. The molecule has 0 spiro atoms. The highest BCUT2D eigenvalue weighted by Crippen LogP contribution is 2.32. The molecule has 4 aromatic rings. The molecule has 0 saturated heterocycles. The minimum atomic E-state index is -0.779. The van der Waals surface area contributed by atoms with Crippen LogP contribution in [0.4, 0.5) is 5.69 Å². The maximum atomic E-state index is 12.2. The Morgan fingerprint density at radius 3 is 2.29 bits per heavy atom. The lowest BCUT2D eigenvalue weighted by molar-refractivity contribution is -0.904. The number of hydrogen-bond acceptors (Lipinski definition) is 5. The number of nitrogens with zero attached hydrogens (tertiary/aromatic N) is 2. The van der Waals surface area contributed by atoms with Gasteiger partial charge in [-0.3, -0.25) is 15.2 Å². The first-order valence-corrected chi connectivity index (χ1v) is 8.52. The van der Waals surface area contributed by atoms with Crippen molar-refractivity contribution in [2.45, 2.75) is 0 Å². The summed E-state index contributed by atoms with van der Waals surface area (Å²) in [6.45, 7) is 0. The monoisotopic (exact) mass is 373 g/mol. The van der Waals surface area contributed by atoms with E-state index in [1.807, 2.05) is 54.6 Å². The molecule has 7 nitrogen and oxygen atoms in total. The fourth-order valence-corrected chi connectivity index (χ4v) is 3.18. The van der Waals surface area contributed by atoms with E-state index in [-0.39, 0.29) is 11.3 Å². The molecule has 2 aromatic carbocycles. The highest BCUT2D eigenvalue weighted by atomic mass is 16.5. The van der Waals surface area contributed by atoms with Gasteiger partial charge in [0, 0.05) is 16.4 Å². The number of hydrogen-bond donors (Lipinski definition) is 4. The van der Waals surface area contributed by atoms with Gasteiger partial charge in [0.05, 0.1) is 27.8 Å². The Labute approximate surface area is 160 Å². The van der Waals surface area contributed by atoms with E-state index in [1.54, 1.807) is 11.5 Å². The van der Waals surface area contributed by atoms with Crippen molar-refractivity contribution >= 4 is 22.5 Å². The van der Waals surface area contributed by atoms with E-state index in [0.29, 0.717) is 16.6 Å². The lowest BCUT2D eigenvalue weighted by atomic mass is 9.99. The first-order chi connectivity index (χ1) is 13.6. The summed E-state index contributed by atoms with van der Waals surface area (Å²) in [6.07, 6.45) is 2.71. The number of rotatable bonds is 3. The summed E-state index contributed by atoms with van der Waals surface area (Å²) in [5.74, 6) is -0.779. The van der Waals surface area contributed by atoms with E-state index in [1.165, 1.54) is 12.4 Å². The minimum Gasteiger partial charge on any atom is -0.396 e. The maximum absolute atomic E-state index is 12.2. The summed E-state index contributed by atoms with van der Waals surface area (Å²) in [5, 5.41) is 19.1. The summed E-state index contributed by atoms with van der Waals surface area (Å²) < 4.78 is 0.798. The fraction of sp³-hybridized carbons (Fsp3) is 0. The van der Waals surface area contributed by atoms with Crippen LogP contribution < -0.4 is 15.9 Å².